The number of furan rings is 1. The number of H-pyrrole nitrogens is 1. The van der Waals surface area contributed by atoms with Crippen LogP contribution in [0.1, 0.15) is 62.5 Å². The van der Waals surface area contributed by atoms with Crippen LogP contribution in [-0.2, 0) is 33.1 Å². The third kappa shape index (κ3) is 7.29. The third-order valence-electron chi connectivity index (χ3n) is 6.48. The first-order chi connectivity index (χ1) is 17.1. The minimum atomic E-state index is 0.738. The number of fused-ring (bicyclic) bond motifs is 1. The second-order valence-electron chi connectivity index (χ2n) is 9.52. The van der Waals surface area contributed by atoms with Crippen molar-refractivity contribution in [3.8, 4) is 0 Å². The van der Waals surface area contributed by atoms with Gasteiger partial charge in [-0.05, 0) is 69.1 Å². The molecule has 0 saturated carbocycles. The molecule has 188 valence electrons. The lowest BCUT2D eigenvalue weighted by atomic mass is 10.1. The summed E-state index contributed by atoms with van der Waals surface area (Å²) in [6.07, 6.45) is 13.4. The van der Waals surface area contributed by atoms with E-state index in [9.17, 15) is 0 Å². The molecular weight excluding hydrogens is 436 g/mol. The molecule has 0 aliphatic carbocycles. The highest BCUT2D eigenvalue weighted by Gasteiger charge is 2.14. The first-order valence-electron chi connectivity index (χ1n) is 13.0. The SMILES string of the molecule is CCCN(CCC)CCCCc1cc2cc(CN(Cc3ncc[nH]3)Cc3nccn3C)ccc2o1. The fourth-order valence-electron chi connectivity index (χ4n) is 4.74. The first-order valence-corrected chi connectivity index (χ1v) is 13.0. The molecular formula is C28H40N6O. The number of aromatic nitrogens is 4. The molecule has 0 aliphatic rings. The molecule has 0 saturated heterocycles. The van der Waals surface area contributed by atoms with Crippen molar-refractivity contribution < 1.29 is 4.42 Å². The second-order valence-corrected chi connectivity index (χ2v) is 9.52. The van der Waals surface area contributed by atoms with Gasteiger partial charge in [0, 0.05) is 50.2 Å². The van der Waals surface area contributed by atoms with Crippen LogP contribution in [0.2, 0.25) is 0 Å². The van der Waals surface area contributed by atoms with Crippen LogP contribution in [0.4, 0.5) is 0 Å². The summed E-state index contributed by atoms with van der Waals surface area (Å²) in [4.78, 5) is 17.1. The van der Waals surface area contributed by atoms with Crippen molar-refractivity contribution in [1.82, 2.24) is 29.3 Å². The van der Waals surface area contributed by atoms with Gasteiger partial charge in [0.25, 0.3) is 0 Å². The molecule has 0 aliphatic heterocycles. The van der Waals surface area contributed by atoms with Gasteiger partial charge in [-0.15, -0.1) is 0 Å². The molecule has 35 heavy (non-hydrogen) atoms. The molecule has 0 radical (unpaired) electrons. The van der Waals surface area contributed by atoms with Crippen molar-refractivity contribution in [2.75, 3.05) is 19.6 Å². The molecule has 0 bridgehead atoms. The smallest absolute Gasteiger partial charge is 0.134 e. The Morgan fingerprint density at radius 3 is 2.49 bits per heavy atom. The molecule has 7 nitrogen and oxygen atoms in total. The maximum absolute atomic E-state index is 6.16. The Morgan fingerprint density at radius 1 is 0.914 bits per heavy atom. The quantitative estimate of drug-likeness (QED) is 0.228. The Balaban J connectivity index is 1.37. The summed E-state index contributed by atoms with van der Waals surface area (Å²) in [5.74, 6) is 3.09. The predicted octanol–water partition coefficient (Wildman–Crippen LogP) is 5.54. The average Bonchev–Trinajstić information content (AvgIpc) is 3.59. The van der Waals surface area contributed by atoms with E-state index in [0.717, 1.165) is 55.5 Å². The summed E-state index contributed by atoms with van der Waals surface area (Å²) in [6.45, 7) is 10.4. The lowest BCUT2D eigenvalue weighted by Gasteiger charge is -2.21. The van der Waals surface area contributed by atoms with Crippen LogP contribution < -0.4 is 0 Å². The maximum Gasteiger partial charge on any atom is 0.134 e. The number of aromatic amines is 1. The second kappa shape index (κ2) is 12.7. The molecule has 0 fully saturated rings. The molecule has 3 aromatic heterocycles. The summed E-state index contributed by atoms with van der Waals surface area (Å²) in [7, 11) is 2.04. The van der Waals surface area contributed by atoms with E-state index < -0.39 is 0 Å². The number of unbranched alkanes of at least 4 members (excludes halogenated alkanes) is 1. The Bertz CT molecular complexity index is 1140. The standard InChI is InChI=1S/C28H40N6O/c1-4-14-33(15-5-2)16-7-6-8-25-19-24-18-23(9-10-26(24)35-25)20-34(21-27-29-11-12-30-27)22-28-31-13-17-32(28)3/h9-13,17-19H,4-8,14-16,20-22H2,1-3H3,(H,29,30). The number of aryl methyl sites for hydroxylation is 2. The number of hydrogen-bond acceptors (Lipinski definition) is 5. The molecule has 4 rings (SSSR count). The highest BCUT2D eigenvalue weighted by molar-refractivity contribution is 5.78. The molecule has 0 unspecified atom stereocenters. The molecule has 0 spiro atoms. The topological polar surface area (TPSA) is 66.1 Å². The van der Waals surface area contributed by atoms with E-state index in [4.69, 9.17) is 4.42 Å². The van der Waals surface area contributed by atoms with Crippen LogP contribution in [0.15, 0.2) is 53.5 Å². The van der Waals surface area contributed by atoms with E-state index in [2.05, 4.69) is 67.4 Å². The Hall–Kier alpha value is -2.90. The zero-order chi connectivity index (χ0) is 24.5. The van der Waals surface area contributed by atoms with E-state index in [1.165, 1.54) is 49.8 Å². The Kier molecular flexibility index (Phi) is 9.15. The molecule has 1 N–H and O–H groups in total. The fourth-order valence-corrected chi connectivity index (χ4v) is 4.74. The third-order valence-corrected chi connectivity index (χ3v) is 6.48. The number of benzene rings is 1. The van der Waals surface area contributed by atoms with E-state index in [1.54, 1.807) is 6.20 Å². The van der Waals surface area contributed by atoms with E-state index in [0.29, 0.717) is 0 Å². The molecule has 0 amide bonds. The van der Waals surface area contributed by atoms with Gasteiger partial charge in [0.15, 0.2) is 0 Å². The minimum Gasteiger partial charge on any atom is -0.461 e. The van der Waals surface area contributed by atoms with Gasteiger partial charge in [-0.1, -0.05) is 19.9 Å². The van der Waals surface area contributed by atoms with Gasteiger partial charge >= 0.3 is 0 Å². The van der Waals surface area contributed by atoms with Crippen LogP contribution in [0.5, 0.6) is 0 Å². The van der Waals surface area contributed by atoms with Crippen LogP contribution >= 0.6 is 0 Å². The van der Waals surface area contributed by atoms with Crippen LogP contribution in [-0.4, -0.2) is 49.0 Å². The van der Waals surface area contributed by atoms with Crippen LogP contribution in [0, 0.1) is 0 Å². The minimum absolute atomic E-state index is 0.738. The Morgan fingerprint density at radius 2 is 1.77 bits per heavy atom. The molecule has 0 atom stereocenters. The molecule has 7 heteroatoms. The Labute approximate surface area is 209 Å². The van der Waals surface area contributed by atoms with Crippen molar-refractivity contribution in [1.29, 1.82) is 0 Å². The van der Waals surface area contributed by atoms with Crippen molar-refractivity contribution in [3.05, 3.63) is 72.0 Å². The van der Waals surface area contributed by atoms with Crippen LogP contribution in [0.3, 0.4) is 0 Å². The van der Waals surface area contributed by atoms with E-state index in [-0.39, 0.29) is 0 Å². The van der Waals surface area contributed by atoms with E-state index >= 15 is 0 Å². The van der Waals surface area contributed by atoms with Gasteiger partial charge in [-0.2, -0.15) is 0 Å². The van der Waals surface area contributed by atoms with Gasteiger partial charge in [0.05, 0.1) is 13.1 Å². The summed E-state index contributed by atoms with van der Waals surface area (Å²) in [5, 5.41) is 1.19. The summed E-state index contributed by atoms with van der Waals surface area (Å²) in [5.41, 5.74) is 2.24. The zero-order valence-corrected chi connectivity index (χ0v) is 21.5. The van der Waals surface area contributed by atoms with Crippen molar-refractivity contribution in [2.24, 2.45) is 7.05 Å². The fraction of sp³-hybridized carbons (Fsp3) is 0.500. The highest BCUT2D eigenvalue weighted by Crippen LogP contribution is 2.23. The number of rotatable bonds is 15. The van der Waals surface area contributed by atoms with E-state index in [1.807, 2.05) is 25.6 Å². The van der Waals surface area contributed by atoms with Gasteiger partial charge in [-0.25, -0.2) is 9.97 Å². The monoisotopic (exact) mass is 476 g/mol. The lowest BCUT2D eigenvalue weighted by molar-refractivity contribution is 0.233. The van der Waals surface area contributed by atoms with Gasteiger partial charge < -0.3 is 18.9 Å². The van der Waals surface area contributed by atoms with Crippen LogP contribution in [0.25, 0.3) is 11.0 Å². The summed E-state index contributed by atoms with van der Waals surface area (Å²) in [6, 6.07) is 8.78. The van der Waals surface area contributed by atoms with Crippen molar-refractivity contribution >= 4 is 11.0 Å². The first kappa shape index (κ1) is 25.2. The summed E-state index contributed by atoms with van der Waals surface area (Å²) < 4.78 is 8.23. The predicted molar refractivity (Wildman–Crippen MR) is 141 cm³/mol. The molecule has 1 aromatic carbocycles. The normalized spacial score (nSPS) is 11.9. The maximum atomic E-state index is 6.16. The highest BCUT2D eigenvalue weighted by atomic mass is 16.3. The van der Waals surface area contributed by atoms with Crippen molar-refractivity contribution in [2.45, 2.75) is 65.6 Å². The lowest BCUT2D eigenvalue weighted by Crippen LogP contribution is -2.26. The van der Waals surface area contributed by atoms with Gasteiger partial charge in [-0.3, -0.25) is 4.90 Å². The number of nitrogens with zero attached hydrogens (tertiary/aromatic N) is 5. The number of nitrogens with one attached hydrogen (secondary N) is 1. The van der Waals surface area contributed by atoms with Gasteiger partial charge in [0.2, 0.25) is 0 Å². The average molecular weight is 477 g/mol. The largest absolute Gasteiger partial charge is 0.461 e. The molecule has 3 heterocycles. The van der Waals surface area contributed by atoms with Crippen molar-refractivity contribution in [3.63, 3.8) is 0 Å². The van der Waals surface area contributed by atoms with Gasteiger partial charge in [0.1, 0.15) is 23.0 Å². The summed E-state index contributed by atoms with van der Waals surface area (Å²) >= 11 is 0. The molecule has 4 aromatic rings. The number of imidazole rings is 2. The number of hydrogen-bond donors (Lipinski definition) is 1. The zero-order valence-electron chi connectivity index (χ0n) is 21.5.